The Hall–Kier alpha value is -1.29. The maximum absolute atomic E-state index is 10.3. The Morgan fingerprint density at radius 2 is 1.46 bits per heavy atom. The van der Waals surface area contributed by atoms with E-state index in [1.165, 1.54) is 18.2 Å². The molecule has 0 amide bonds. The molecular weight excluding hydrogens is 263 g/mol. The van der Waals surface area contributed by atoms with Crippen LogP contribution < -0.4 is 0 Å². The molecule has 0 aromatic carbocycles. The van der Waals surface area contributed by atoms with Crippen molar-refractivity contribution in [3.63, 3.8) is 0 Å². The first kappa shape index (κ1) is 11.7. The summed E-state index contributed by atoms with van der Waals surface area (Å²) in [6.07, 6.45) is 0. The summed E-state index contributed by atoms with van der Waals surface area (Å²) in [5, 5.41) is 16.9. The molecule has 2 N–H and O–H groups in total. The second kappa shape index (κ2) is 4.67. The summed E-state index contributed by atoms with van der Waals surface area (Å²) < 4.78 is 0. The summed E-state index contributed by atoms with van der Waals surface area (Å²) in [7, 11) is 0. The van der Waals surface area contributed by atoms with Crippen molar-refractivity contribution in [2.45, 2.75) is 0 Å². The van der Waals surface area contributed by atoms with Gasteiger partial charge in [0.15, 0.2) is 0 Å². The summed E-state index contributed by atoms with van der Waals surface area (Å²) >= 11 is 0. The topological polar surface area (TPSA) is 87.5 Å². The van der Waals surface area contributed by atoms with E-state index in [4.69, 9.17) is 10.2 Å². The summed E-state index contributed by atoms with van der Waals surface area (Å²) in [5.41, 5.74) is -0.537. The zero-order valence-electron chi connectivity index (χ0n) is 6.24. The molecule has 1 heterocycles. The van der Waals surface area contributed by atoms with E-state index >= 15 is 0 Å². The molecule has 0 spiro atoms. The van der Waals surface area contributed by atoms with Crippen LogP contribution in [-0.4, -0.2) is 27.1 Å². The molecule has 0 aliphatic carbocycles. The van der Waals surface area contributed by atoms with Crippen LogP contribution in [0.2, 0.25) is 0 Å². The third-order valence-electron chi connectivity index (χ3n) is 1.19. The van der Waals surface area contributed by atoms with Crippen molar-refractivity contribution in [1.29, 1.82) is 0 Å². The van der Waals surface area contributed by atoms with Gasteiger partial charge in [-0.15, -0.1) is 0 Å². The second-order valence-electron chi connectivity index (χ2n) is 2.02. The minimum Gasteiger partial charge on any atom is -0.477 e. The largest absolute Gasteiger partial charge is 0.477 e. The fraction of sp³-hybridized carbons (Fsp3) is 0. The van der Waals surface area contributed by atoms with Gasteiger partial charge in [0.1, 0.15) is 11.4 Å². The fourth-order valence-corrected chi connectivity index (χ4v) is 0.673. The van der Waals surface area contributed by atoms with Gasteiger partial charge >= 0.3 is 11.9 Å². The third kappa shape index (κ3) is 2.91. The Morgan fingerprint density at radius 1 is 1.08 bits per heavy atom. The van der Waals surface area contributed by atoms with Crippen LogP contribution in [0.25, 0.3) is 0 Å². The molecule has 0 atom stereocenters. The minimum atomic E-state index is -1.24. The Labute approximate surface area is 86.2 Å². The van der Waals surface area contributed by atoms with Crippen molar-refractivity contribution >= 4 is 11.9 Å². The van der Waals surface area contributed by atoms with Gasteiger partial charge in [0.05, 0.1) is 0 Å². The predicted octanol–water partition coefficient (Wildman–Crippen LogP) is 0.475. The molecule has 0 saturated heterocycles. The molecule has 0 bridgehead atoms. The predicted molar refractivity (Wildman–Crippen MR) is 38.2 cm³/mol. The maximum Gasteiger partial charge on any atom is 0.354 e. The number of aromatic carboxylic acids is 2. The molecular formula is C7H5NO4Ru. The van der Waals surface area contributed by atoms with E-state index in [-0.39, 0.29) is 30.9 Å². The van der Waals surface area contributed by atoms with E-state index in [0.717, 1.165) is 0 Å². The number of nitrogens with zero attached hydrogens (tertiary/aromatic N) is 1. The van der Waals surface area contributed by atoms with E-state index in [1.54, 1.807) is 0 Å². The zero-order valence-corrected chi connectivity index (χ0v) is 7.98. The normalized spacial score (nSPS) is 8.62. The van der Waals surface area contributed by atoms with Gasteiger partial charge in [-0.05, 0) is 12.1 Å². The number of hydrogen-bond acceptors (Lipinski definition) is 3. The molecule has 0 fully saturated rings. The molecule has 0 aliphatic heterocycles. The first-order chi connectivity index (χ1) is 5.61. The van der Waals surface area contributed by atoms with Crippen molar-refractivity contribution in [1.82, 2.24) is 4.98 Å². The molecule has 0 aliphatic rings. The van der Waals surface area contributed by atoms with E-state index in [0.29, 0.717) is 0 Å². The molecule has 13 heavy (non-hydrogen) atoms. The monoisotopic (exact) mass is 269 g/mol. The van der Waals surface area contributed by atoms with E-state index in [2.05, 4.69) is 4.98 Å². The standard InChI is InChI=1S/C7H5NO4.Ru/c9-6(10)4-2-1-3-5(8-4)7(11)12;/h1-3H,(H,9,10)(H,11,12);. The number of pyridine rings is 1. The van der Waals surface area contributed by atoms with Crippen molar-refractivity contribution in [3.8, 4) is 0 Å². The van der Waals surface area contributed by atoms with Crippen molar-refractivity contribution in [2.75, 3.05) is 0 Å². The number of hydrogen-bond donors (Lipinski definition) is 2. The van der Waals surface area contributed by atoms with Gasteiger partial charge in [-0.2, -0.15) is 0 Å². The van der Waals surface area contributed by atoms with E-state index in [9.17, 15) is 9.59 Å². The van der Waals surface area contributed by atoms with Crippen molar-refractivity contribution in [2.24, 2.45) is 0 Å². The molecule has 0 saturated carbocycles. The number of aromatic nitrogens is 1. The molecule has 1 aromatic heterocycles. The third-order valence-corrected chi connectivity index (χ3v) is 1.19. The SMILES string of the molecule is O=C(O)c1cccc(C(=O)O)n1.[Ru]. The van der Waals surface area contributed by atoms with Crippen LogP contribution >= 0.6 is 0 Å². The number of carbonyl (C=O) groups is 2. The van der Waals surface area contributed by atoms with E-state index in [1.807, 2.05) is 0 Å². The molecule has 6 heteroatoms. The fourth-order valence-electron chi connectivity index (χ4n) is 0.673. The van der Waals surface area contributed by atoms with Crippen LogP contribution in [-0.2, 0) is 19.5 Å². The molecule has 1 rings (SSSR count). The minimum absolute atomic E-state index is 0. The van der Waals surface area contributed by atoms with Gasteiger partial charge < -0.3 is 10.2 Å². The summed E-state index contributed by atoms with van der Waals surface area (Å²) in [5.74, 6) is -2.48. The molecule has 70 valence electrons. The van der Waals surface area contributed by atoms with Crippen LogP contribution in [0.1, 0.15) is 21.0 Å². The van der Waals surface area contributed by atoms with Gasteiger partial charge in [0.25, 0.3) is 0 Å². The smallest absolute Gasteiger partial charge is 0.354 e. The Morgan fingerprint density at radius 3 is 1.77 bits per heavy atom. The van der Waals surface area contributed by atoms with Gasteiger partial charge in [0.2, 0.25) is 0 Å². The Kier molecular flexibility index (Phi) is 4.21. The molecule has 0 unspecified atom stereocenters. The van der Waals surface area contributed by atoms with Gasteiger partial charge in [-0.3, -0.25) is 0 Å². The van der Waals surface area contributed by atoms with Gasteiger partial charge in [0, 0.05) is 19.5 Å². The molecule has 5 nitrogen and oxygen atoms in total. The molecule has 1 aromatic rings. The van der Waals surface area contributed by atoms with Gasteiger partial charge in [-0.25, -0.2) is 14.6 Å². The van der Waals surface area contributed by atoms with Crippen LogP contribution in [0.5, 0.6) is 0 Å². The van der Waals surface area contributed by atoms with Crippen molar-refractivity contribution in [3.05, 3.63) is 29.6 Å². The Balaban J connectivity index is 0.00000144. The quantitative estimate of drug-likeness (QED) is 0.761. The maximum atomic E-state index is 10.3. The summed E-state index contributed by atoms with van der Waals surface area (Å²) in [4.78, 5) is 24.0. The Bertz CT molecular complexity index is 310. The van der Waals surface area contributed by atoms with Crippen LogP contribution in [0, 0.1) is 0 Å². The van der Waals surface area contributed by atoms with Crippen LogP contribution in [0.15, 0.2) is 18.2 Å². The zero-order chi connectivity index (χ0) is 9.14. The summed E-state index contributed by atoms with van der Waals surface area (Å²) in [6.45, 7) is 0. The van der Waals surface area contributed by atoms with Crippen molar-refractivity contribution < 1.29 is 39.3 Å². The first-order valence-corrected chi connectivity index (χ1v) is 3.05. The summed E-state index contributed by atoms with van der Waals surface area (Å²) in [6, 6.07) is 3.80. The number of carboxylic acid groups (broad SMARTS) is 2. The van der Waals surface area contributed by atoms with E-state index < -0.39 is 11.9 Å². The molecule has 0 radical (unpaired) electrons. The number of carboxylic acids is 2. The average molecular weight is 268 g/mol. The van der Waals surface area contributed by atoms with Gasteiger partial charge in [-0.1, -0.05) is 6.07 Å². The first-order valence-electron chi connectivity index (χ1n) is 3.05. The van der Waals surface area contributed by atoms with Crippen LogP contribution in [0.3, 0.4) is 0 Å². The second-order valence-corrected chi connectivity index (χ2v) is 2.02. The number of rotatable bonds is 2. The van der Waals surface area contributed by atoms with Crippen LogP contribution in [0.4, 0.5) is 0 Å². The average Bonchev–Trinajstić information content (AvgIpc) is 2.04.